The third-order valence-corrected chi connectivity index (χ3v) is 5.81. The van der Waals surface area contributed by atoms with Crippen molar-refractivity contribution in [3.05, 3.63) is 54.1 Å². The van der Waals surface area contributed by atoms with Gasteiger partial charge in [-0.25, -0.2) is 8.42 Å². The number of rotatable bonds is 9. The fourth-order valence-corrected chi connectivity index (χ4v) is 4.34. The van der Waals surface area contributed by atoms with Crippen molar-refractivity contribution in [2.45, 2.75) is 11.3 Å². The van der Waals surface area contributed by atoms with Gasteiger partial charge in [0.05, 0.1) is 14.2 Å². The van der Waals surface area contributed by atoms with Crippen LogP contribution < -0.4 is 15.2 Å². The Morgan fingerprint density at radius 2 is 1.52 bits per heavy atom. The number of sulfonamides is 1. The molecule has 2 rings (SSSR count). The number of benzene rings is 2. The molecule has 0 aliphatic carbocycles. The summed E-state index contributed by atoms with van der Waals surface area (Å²) in [6, 6.07) is 14.6. The highest BCUT2D eigenvalue weighted by atomic mass is 32.2. The monoisotopic (exact) mass is 364 g/mol. The van der Waals surface area contributed by atoms with E-state index in [0.717, 1.165) is 5.56 Å². The van der Waals surface area contributed by atoms with Crippen LogP contribution in [0.25, 0.3) is 0 Å². The van der Waals surface area contributed by atoms with Crippen LogP contribution >= 0.6 is 0 Å². The van der Waals surface area contributed by atoms with Gasteiger partial charge in [-0.2, -0.15) is 4.31 Å². The molecule has 2 N–H and O–H groups in total. The van der Waals surface area contributed by atoms with Crippen LogP contribution in [-0.2, 0) is 16.4 Å². The van der Waals surface area contributed by atoms with E-state index in [4.69, 9.17) is 15.2 Å². The van der Waals surface area contributed by atoms with Crippen molar-refractivity contribution >= 4 is 10.0 Å². The lowest BCUT2D eigenvalue weighted by Gasteiger charge is -2.24. The number of ether oxygens (including phenoxy) is 2. The number of nitrogens with zero attached hydrogens (tertiary/aromatic N) is 1. The van der Waals surface area contributed by atoms with Crippen molar-refractivity contribution in [1.29, 1.82) is 0 Å². The van der Waals surface area contributed by atoms with Crippen molar-refractivity contribution in [3.8, 4) is 11.5 Å². The van der Waals surface area contributed by atoms with Gasteiger partial charge in [0.25, 0.3) is 10.0 Å². The average Bonchev–Trinajstić information content (AvgIpc) is 2.64. The van der Waals surface area contributed by atoms with Crippen molar-refractivity contribution < 1.29 is 17.9 Å². The topological polar surface area (TPSA) is 81.9 Å². The summed E-state index contributed by atoms with van der Waals surface area (Å²) < 4.78 is 38.3. The van der Waals surface area contributed by atoms with Gasteiger partial charge in [0.15, 0.2) is 4.90 Å². The second-order valence-corrected chi connectivity index (χ2v) is 7.29. The first-order valence-electron chi connectivity index (χ1n) is 7.99. The molecule has 0 aliphatic heterocycles. The molecule has 0 bridgehead atoms. The lowest BCUT2D eigenvalue weighted by Crippen LogP contribution is -2.37. The summed E-state index contributed by atoms with van der Waals surface area (Å²) in [5, 5.41) is 0. The van der Waals surface area contributed by atoms with Crippen LogP contribution in [0.5, 0.6) is 11.5 Å². The summed E-state index contributed by atoms with van der Waals surface area (Å²) >= 11 is 0. The Labute approximate surface area is 149 Å². The van der Waals surface area contributed by atoms with E-state index in [0.29, 0.717) is 13.0 Å². The molecular weight excluding hydrogens is 340 g/mol. The van der Waals surface area contributed by atoms with Crippen molar-refractivity contribution in [3.63, 3.8) is 0 Å². The summed E-state index contributed by atoms with van der Waals surface area (Å²) in [5.74, 6) is 0.502. The molecule has 7 heteroatoms. The third kappa shape index (κ3) is 4.50. The first-order valence-corrected chi connectivity index (χ1v) is 9.43. The Morgan fingerprint density at radius 3 is 2.04 bits per heavy atom. The Morgan fingerprint density at radius 1 is 0.920 bits per heavy atom. The standard InChI is InChI=1S/C18H24N2O4S/c1-23-16-9-6-10-17(24-2)18(16)25(21,22)20(14-12-19)13-11-15-7-4-3-5-8-15/h3-10H,11-14,19H2,1-2H3. The van der Waals surface area contributed by atoms with Gasteiger partial charge in [-0.3, -0.25) is 0 Å². The first kappa shape index (κ1) is 19.2. The lowest BCUT2D eigenvalue weighted by atomic mass is 10.1. The summed E-state index contributed by atoms with van der Waals surface area (Å²) in [6.45, 7) is 0.770. The predicted octanol–water partition coefficient (Wildman–Crippen LogP) is 1.90. The van der Waals surface area contributed by atoms with Gasteiger partial charge in [-0.05, 0) is 24.1 Å². The largest absolute Gasteiger partial charge is 0.495 e. The van der Waals surface area contributed by atoms with Gasteiger partial charge < -0.3 is 15.2 Å². The fourth-order valence-electron chi connectivity index (χ4n) is 2.60. The number of hydrogen-bond donors (Lipinski definition) is 1. The molecule has 0 radical (unpaired) electrons. The first-order chi connectivity index (χ1) is 12.0. The second-order valence-electron chi connectivity index (χ2n) is 5.42. The van der Waals surface area contributed by atoms with Gasteiger partial charge in [-0.1, -0.05) is 36.4 Å². The highest BCUT2D eigenvalue weighted by molar-refractivity contribution is 7.89. The van der Waals surface area contributed by atoms with Crippen molar-refractivity contribution in [1.82, 2.24) is 4.31 Å². The molecule has 0 saturated heterocycles. The van der Waals surface area contributed by atoms with E-state index in [1.165, 1.54) is 18.5 Å². The third-order valence-electron chi connectivity index (χ3n) is 3.85. The Bertz CT molecular complexity index is 757. The second kappa shape index (κ2) is 8.84. The molecule has 0 saturated carbocycles. The fraction of sp³-hybridized carbons (Fsp3) is 0.333. The van der Waals surface area contributed by atoms with Gasteiger partial charge in [-0.15, -0.1) is 0 Å². The molecule has 0 aliphatic rings. The minimum Gasteiger partial charge on any atom is -0.495 e. The van der Waals surface area contributed by atoms with Gasteiger partial charge in [0.1, 0.15) is 11.5 Å². The number of methoxy groups -OCH3 is 2. The van der Waals surface area contributed by atoms with E-state index in [1.807, 2.05) is 30.3 Å². The maximum atomic E-state index is 13.2. The van der Waals surface area contributed by atoms with E-state index in [9.17, 15) is 8.42 Å². The maximum Gasteiger partial charge on any atom is 0.250 e. The summed E-state index contributed by atoms with van der Waals surface area (Å²) in [5.41, 5.74) is 6.71. The highest BCUT2D eigenvalue weighted by Crippen LogP contribution is 2.35. The SMILES string of the molecule is COc1cccc(OC)c1S(=O)(=O)N(CCN)CCc1ccccc1. The van der Waals surface area contributed by atoms with Gasteiger partial charge in [0, 0.05) is 19.6 Å². The van der Waals surface area contributed by atoms with E-state index in [-0.39, 0.29) is 29.5 Å². The van der Waals surface area contributed by atoms with Gasteiger partial charge in [0.2, 0.25) is 0 Å². The zero-order valence-electron chi connectivity index (χ0n) is 14.5. The van der Waals surface area contributed by atoms with Crippen LogP contribution in [0.4, 0.5) is 0 Å². The zero-order valence-corrected chi connectivity index (χ0v) is 15.3. The van der Waals surface area contributed by atoms with Crippen LogP contribution in [0.3, 0.4) is 0 Å². The smallest absolute Gasteiger partial charge is 0.250 e. The zero-order chi connectivity index (χ0) is 18.3. The van der Waals surface area contributed by atoms with Crippen LogP contribution in [0.15, 0.2) is 53.4 Å². The molecule has 2 aromatic carbocycles. The predicted molar refractivity (Wildman–Crippen MR) is 97.5 cm³/mol. The average molecular weight is 364 g/mol. The maximum absolute atomic E-state index is 13.2. The molecule has 0 fully saturated rings. The molecular formula is C18H24N2O4S. The highest BCUT2D eigenvalue weighted by Gasteiger charge is 2.30. The number of hydrogen-bond acceptors (Lipinski definition) is 5. The minimum atomic E-state index is -3.82. The summed E-state index contributed by atoms with van der Waals surface area (Å²) in [7, 11) is -0.944. The molecule has 0 atom stereocenters. The van der Waals surface area contributed by atoms with Crippen LogP contribution in [-0.4, -0.2) is 46.6 Å². The molecule has 0 spiro atoms. The quantitative estimate of drug-likeness (QED) is 0.735. The van der Waals surface area contributed by atoms with Crippen molar-refractivity contribution in [2.24, 2.45) is 5.73 Å². The van der Waals surface area contributed by atoms with Gasteiger partial charge >= 0.3 is 0 Å². The summed E-state index contributed by atoms with van der Waals surface area (Å²) in [4.78, 5) is 0.0292. The molecule has 25 heavy (non-hydrogen) atoms. The van der Waals surface area contributed by atoms with Crippen molar-refractivity contribution in [2.75, 3.05) is 33.9 Å². The van der Waals surface area contributed by atoms with Crippen LogP contribution in [0.1, 0.15) is 5.56 Å². The van der Waals surface area contributed by atoms with Crippen LogP contribution in [0.2, 0.25) is 0 Å². The van der Waals surface area contributed by atoms with E-state index < -0.39 is 10.0 Å². The molecule has 0 unspecified atom stereocenters. The minimum absolute atomic E-state index is 0.0292. The normalized spacial score (nSPS) is 11.5. The Hall–Kier alpha value is -2.09. The van der Waals surface area contributed by atoms with E-state index in [1.54, 1.807) is 18.2 Å². The summed E-state index contributed by atoms with van der Waals surface area (Å²) in [6.07, 6.45) is 0.595. The molecule has 136 valence electrons. The molecule has 2 aromatic rings. The molecule has 6 nitrogen and oxygen atoms in total. The molecule has 0 amide bonds. The Balaban J connectivity index is 2.36. The Kier molecular flexibility index (Phi) is 6.81. The van der Waals surface area contributed by atoms with Crippen LogP contribution in [0, 0.1) is 0 Å². The number of nitrogens with two attached hydrogens (primary N) is 1. The molecule has 0 aromatic heterocycles. The van der Waals surface area contributed by atoms with E-state index >= 15 is 0 Å². The lowest BCUT2D eigenvalue weighted by molar-refractivity contribution is 0.364. The van der Waals surface area contributed by atoms with E-state index in [2.05, 4.69) is 0 Å². The molecule has 0 heterocycles.